The lowest BCUT2D eigenvalue weighted by molar-refractivity contribution is 0.281. The van der Waals surface area contributed by atoms with E-state index in [1.54, 1.807) is 0 Å². The fourth-order valence-corrected chi connectivity index (χ4v) is 2.02. The molecule has 0 aliphatic carbocycles. The average Bonchev–Trinajstić information content (AvgIpc) is 2.66. The Morgan fingerprint density at radius 3 is 2.32 bits per heavy atom. The number of aryl methyl sites for hydroxylation is 2. The van der Waals surface area contributed by atoms with Gasteiger partial charge in [-0.25, -0.2) is 9.67 Å². The van der Waals surface area contributed by atoms with E-state index in [1.165, 1.54) is 0 Å². The first-order valence-corrected chi connectivity index (χ1v) is 6.47. The predicted octanol–water partition coefficient (Wildman–Crippen LogP) is 2.67. The summed E-state index contributed by atoms with van der Waals surface area (Å²) in [5.74, 6) is 0.766. The zero-order valence-corrected chi connectivity index (χ0v) is 12.2. The van der Waals surface area contributed by atoms with Gasteiger partial charge in [-0.3, -0.25) is 0 Å². The first-order valence-electron chi connectivity index (χ1n) is 6.47. The van der Waals surface area contributed by atoms with Crippen molar-refractivity contribution in [1.29, 1.82) is 0 Å². The number of rotatable bonds is 2. The van der Waals surface area contributed by atoms with Gasteiger partial charge in [-0.05, 0) is 37.6 Å². The summed E-state index contributed by atoms with van der Waals surface area (Å²) in [7, 11) is 0. The summed E-state index contributed by atoms with van der Waals surface area (Å²) < 4.78 is 1.82. The van der Waals surface area contributed by atoms with E-state index in [0.29, 0.717) is 0 Å². The fourth-order valence-electron chi connectivity index (χ4n) is 2.02. The largest absolute Gasteiger partial charge is 0.392 e. The minimum Gasteiger partial charge on any atom is -0.392 e. The number of aliphatic hydroxyl groups excluding tert-OH is 1. The molecule has 0 unspecified atom stereocenters. The lowest BCUT2D eigenvalue weighted by atomic mass is 9.91. The van der Waals surface area contributed by atoms with Gasteiger partial charge in [0.25, 0.3) is 0 Å². The van der Waals surface area contributed by atoms with Gasteiger partial charge in [-0.15, -0.1) is 0 Å². The molecule has 1 N–H and O–H groups in total. The van der Waals surface area contributed by atoms with Crippen molar-refractivity contribution >= 4 is 0 Å². The second-order valence-electron chi connectivity index (χ2n) is 5.97. The summed E-state index contributed by atoms with van der Waals surface area (Å²) in [6.07, 6.45) is 0. The average molecular weight is 259 g/mol. The SMILES string of the molecule is Cc1cc(C)n(-c2cc(CO)cc(C(C)(C)C)n2)n1. The van der Waals surface area contributed by atoms with Crippen LogP contribution in [0.3, 0.4) is 0 Å². The Bertz CT molecular complexity index is 594. The van der Waals surface area contributed by atoms with Gasteiger partial charge in [0.2, 0.25) is 0 Å². The summed E-state index contributed by atoms with van der Waals surface area (Å²) in [6, 6.07) is 5.86. The molecular weight excluding hydrogens is 238 g/mol. The maximum Gasteiger partial charge on any atom is 0.154 e. The standard InChI is InChI=1S/C15H21N3O/c1-10-6-11(2)18(17-10)14-8-12(9-19)7-13(16-14)15(3,4)5/h6-8,19H,9H2,1-5H3. The predicted molar refractivity (Wildman–Crippen MR) is 75.5 cm³/mol. The zero-order chi connectivity index (χ0) is 14.2. The maximum absolute atomic E-state index is 9.42. The van der Waals surface area contributed by atoms with Crippen LogP contribution in [0.4, 0.5) is 0 Å². The van der Waals surface area contributed by atoms with E-state index in [1.807, 2.05) is 36.7 Å². The summed E-state index contributed by atoms with van der Waals surface area (Å²) in [6.45, 7) is 10.3. The van der Waals surface area contributed by atoms with Crippen LogP contribution in [-0.4, -0.2) is 19.9 Å². The molecule has 19 heavy (non-hydrogen) atoms. The minimum absolute atomic E-state index is 0.0118. The Hall–Kier alpha value is -1.68. The van der Waals surface area contributed by atoms with Crippen molar-refractivity contribution in [1.82, 2.24) is 14.8 Å². The number of pyridine rings is 1. The fraction of sp³-hybridized carbons (Fsp3) is 0.467. The molecule has 4 heteroatoms. The van der Waals surface area contributed by atoms with E-state index in [2.05, 4.69) is 30.9 Å². The van der Waals surface area contributed by atoms with Crippen molar-refractivity contribution in [2.45, 2.75) is 46.6 Å². The number of aromatic nitrogens is 3. The highest BCUT2D eigenvalue weighted by molar-refractivity contribution is 5.34. The van der Waals surface area contributed by atoms with Crippen LogP contribution in [0.1, 0.15) is 43.4 Å². The molecule has 0 aromatic carbocycles. The van der Waals surface area contributed by atoms with E-state index >= 15 is 0 Å². The van der Waals surface area contributed by atoms with E-state index in [9.17, 15) is 5.11 Å². The third-order valence-corrected chi connectivity index (χ3v) is 3.05. The molecule has 0 fully saturated rings. The normalized spacial score (nSPS) is 11.9. The smallest absolute Gasteiger partial charge is 0.154 e. The van der Waals surface area contributed by atoms with Gasteiger partial charge in [-0.1, -0.05) is 20.8 Å². The first-order chi connectivity index (χ1) is 8.81. The summed E-state index contributed by atoms with van der Waals surface area (Å²) in [5, 5.41) is 13.9. The minimum atomic E-state index is -0.0595. The monoisotopic (exact) mass is 259 g/mol. The van der Waals surface area contributed by atoms with Crippen LogP contribution in [-0.2, 0) is 12.0 Å². The molecule has 0 bridgehead atoms. The van der Waals surface area contributed by atoms with Crippen LogP contribution < -0.4 is 0 Å². The van der Waals surface area contributed by atoms with Gasteiger partial charge in [0.15, 0.2) is 5.82 Å². The zero-order valence-electron chi connectivity index (χ0n) is 12.2. The molecule has 2 heterocycles. The van der Waals surface area contributed by atoms with Crippen molar-refractivity contribution < 1.29 is 5.11 Å². The number of aliphatic hydroxyl groups is 1. The second-order valence-corrected chi connectivity index (χ2v) is 5.97. The van der Waals surface area contributed by atoms with Gasteiger partial charge >= 0.3 is 0 Å². The van der Waals surface area contributed by atoms with Gasteiger partial charge in [-0.2, -0.15) is 5.10 Å². The molecule has 2 aromatic heterocycles. The van der Waals surface area contributed by atoms with Crippen LogP contribution in [0, 0.1) is 13.8 Å². The summed E-state index contributed by atoms with van der Waals surface area (Å²) >= 11 is 0. The highest BCUT2D eigenvalue weighted by Gasteiger charge is 2.18. The Balaban J connectivity index is 2.60. The molecule has 0 saturated carbocycles. The molecule has 2 aromatic rings. The Morgan fingerprint density at radius 2 is 1.84 bits per heavy atom. The molecular formula is C15H21N3O. The molecule has 4 nitrogen and oxygen atoms in total. The maximum atomic E-state index is 9.42. The Morgan fingerprint density at radius 1 is 1.16 bits per heavy atom. The van der Waals surface area contributed by atoms with Gasteiger partial charge in [0.05, 0.1) is 12.3 Å². The van der Waals surface area contributed by atoms with Crippen molar-refractivity contribution in [2.75, 3.05) is 0 Å². The number of hydrogen-bond donors (Lipinski definition) is 1. The molecule has 0 saturated heterocycles. The molecule has 2 rings (SSSR count). The molecule has 0 atom stereocenters. The van der Waals surface area contributed by atoms with Gasteiger partial charge in [0.1, 0.15) is 0 Å². The lowest BCUT2D eigenvalue weighted by Crippen LogP contribution is -2.16. The van der Waals surface area contributed by atoms with Crippen molar-refractivity contribution in [3.8, 4) is 5.82 Å². The molecule has 0 radical (unpaired) electrons. The molecule has 102 valence electrons. The molecule has 0 aliphatic rings. The highest BCUT2D eigenvalue weighted by Crippen LogP contribution is 2.23. The highest BCUT2D eigenvalue weighted by atomic mass is 16.3. The van der Waals surface area contributed by atoms with Gasteiger partial charge < -0.3 is 5.11 Å². The summed E-state index contributed by atoms with van der Waals surface area (Å²) in [5.41, 5.74) is 3.77. The van der Waals surface area contributed by atoms with Crippen molar-refractivity contribution in [2.24, 2.45) is 0 Å². The van der Waals surface area contributed by atoms with Crippen LogP contribution in [0.5, 0.6) is 0 Å². The Labute approximate surface area is 114 Å². The van der Waals surface area contributed by atoms with Crippen LogP contribution in [0.25, 0.3) is 5.82 Å². The molecule has 0 aliphatic heterocycles. The van der Waals surface area contributed by atoms with Crippen molar-refractivity contribution in [3.05, 3.63) is 40.8 Å². The third-order valence-electron chi connectivity index (χ3n) is 3.05. The van der Waals surface area contributed by atoms with E-state index in [4.69, 9.17) is 0 Å². The van der Waals surface area contributed by atoms with Crippen molar-refractivity contribution in [3.63, 3.8) is 0 Å². The molecule has 0 amide bonds. The second kappa shape index (κ2) is 4.78. The van der Waals surface area contributed by atoms with Crippen LogP contribution >= 0.6 is 0 Å². The number of hydrogen-bond acceptors (Lipinski definition) is 3. The Kier molecular flexibility index (Phi) is 3.45. The van der Waals surface area contributed by atoms with E-state index < -0.39 is 0 Å². The lowest BCUT2D eigenvalue weighted by Gasteiger charge is -2.20. The van der Waals surface area contributed by atoms with E-state index in [-0.39, 0.29) is 12.0 Å². The van der Waals surface area contributed by atoms with Crippen LogP contribution in [0.15, 0.2) is 18.2 Å². The first kappa shape index (κ1) is 13.7. The molecule has 0 spiro atoms. The quantitative estimate of drug-likeness (QED) is 0.902. The third kappa shape index (κ3) is 2.84. The van der Waals surface area contributed by atoms with E-state index in [0.717, 1.165) is 28.5 Å². The summed E-state index contributed by atoms with van der Waals surface area (Å²) in [4.78, 5) is 4.69. The van der Waals surface area contributed by atoms with Crippen LogP contribution in [0.2, 0.25) is 0 Å². The topological polar surface area (TPSA) is 50.9 Å². The number of nitrogens with zero attached hydrogens (tertiary/aromatic N) is 3. The van der Waals surface area contributed by atoms with Gasteiger partial charge in [0, 0.05) is 16.8 Å².